The Labute approximate surface area is 245 Å². The van der Waals surface area contributed by atoms with Gasteiger partial charge in [0, 0.05) is 37.0 Å². The predicted molar refractivity (Wildman–Crippen MR) is 184 cm³/mol. The second-order valence-electron chi connectivity index (χ2n) is 11.2. The molecule has 10 aromatic rings. The molecule has 0 aliphatic carbocycles. The van der Waals surface area contributed by atoms with Gasteiger partial charge in [0.25, 0.3) is 0 Å². The van der Waals surface area contributed by atoms with Crippen molar-refractivity contribution < 1.29 is 0 Å². The first kappa shape index (κ1) is 22.5. The molecule has 0 aliphatic heterocycles. The normalized spacial score (nSPS) is 12.3. The third kappa shape index (κ3) is 2.77. The van der Waals surface area contributed by atoms with Crippen molar-refractivity contribution in [2.75, 3.05) is 0 Å². The number of hydrogen-bond acceptors (Lipinski definition) is 1. The summed E-state index contributed by atoms with van der Waals surface area (Å²) in [5, 5.41) is 15.8. The van der Waals surface area contributed by atoms with Crippen molar-refractivity contribution in [3.8, 4) is 5.69 Å². The maximum atomic E-state index is 2.54. The van der Waals surface area contributed by atoms with Crippen LogP contribution >= 0.6 is 11.3 Å². The largest absolute Gasteiger partial charge is 0.307 e. The summed E-state index contributed by atoms with van der Waals surface area (Å²) in [5.41, 5.74) is 3.77. The van der Waals surface area contributed by atoms with Gasteiger partial charge in [-0.25, -0.2) is 0 Å². The Morgan fingerprint density at radius 3 is 1.62 bits per heavy atom. The topological polar surface area (TPSA) is 4.93 Å². The van der Waals surface area contributed by atoms with Gasteiger partial charge in [-0.2, -0.15) is 0 Å². The Morgan fingerprint density at radius 2 is 0.857 bits per heavy atom. The molecule has 2 heteroatoms. The molecule has 0 N–H and O–H groups in total. The molecule has 0 fully saturated rings. The molecule has 0 radical (unpaired) electrons. The van der Waals surface area contributed by atoms with Crippen LogP contribution in [-0.4, -0.2) is 4.57 Å². The van der Waals surface area contributed by atoms with Gasteiger partial charge in [0.2, 0.25) is 0 Å². The minimum atomic E-state index is 1.23. The molecule has 194 valence electrons. The van der Waals surface area contributed by atoms with Crippen molar-refractivity contribution in [3.05, 3.63) is 140 Å². The summed E-state index contributed by atoms with van der Waals surface area (Å²) in [6.07, 6.45) is 0. The highest BCUT2D eigenvalue weighted by molar-refractivity contribution is 7.28. The van der Waals surface area contributed by atoms with Crippen LogP contribution in [0.25, 0.3) is 90.8 Å². The number of benzene rings is 8. The monoisotopic (exact) mass is 549 g/mol. The highest BCUT2D eigenvalue weighted by atomic mass is 32.1. The van der Waals surface area contributed by atoms with E-state index in [-0.39, 0.29) is 0 Å². The molecule has 0 spiro atoms. The Morgan fingerprint density at radius 1 is 0.357 bits per heavy atom. The third-order valence-corrected chi connectivity index (χ3v) is 10.4. The van der Waals surface area contributed by atoms with E-state index in [1.54, 1.807) is 0 Å². The summed E-state index contributed by atoms with van der Waals surface area (Å²) in [7, 11) is 0. The highest BCUT2D eigenvalue weighted by Crippen LogP contribution is 2.51. The number of thiophene rings is 1. The SMILES string of the molecule is c1ccc2c(-n3c4ccccc4c4c5ccccc5c5c(sc6c7ccccc7c7ccccc7c65)c43)cccc2c1. The van der Waals surface area contributed by atoms with Crippen LogP contribution in [0.4, 0.5) is 0 Å². The predicted octanol–water partition coefficient (Wildman–Crippen LogP) is 11.8. The maximum Gasteiger partial charge on any atom is 0.0726 e. The average Bonchev–Trinajstić information content (AvgIpc) is 3.63. The van der Waals surface area contributed by atoms with E-state index in [0.29, 0.717) is 0 Å². The average molecular weight is 550 g/mol. The second-order valence-corrected chi connectivity index (χ2v) is 12.2. The van der Waals surface area contributed by atoms with Gasteiger partial charge < -0.3 is 4.57 Å². The van der Waals surface area contributed by atoms with E-state index < -0.39 is 0 Å². The van der Waals surface area contributed by atoms with Gasteiger partial charge >= 0.3 is 0 Å². The first-order valence-electron chi connectivity index (χ1n) is 14.5. The van der Waals surface area contributed by atoms with Gasteiger partial charge in [0.05, 0.1) is 21.4 Å². The van der Waals surface area contributed by atoms with Gasteiger partial charge in [0.15, 0.2) is 0 Å². The zero-order valence-corrected chi connectivity index (χ0v) is 23.5. The standard InChI is InChI=1S/C40H23NS/c1-2-14-25-24(12-1)13-11-23-33(25)41-34-22-10-9-21-32(34)35-29-18-6-7-19-30(29)37-36-28-17-5-3-15-26(28)27-16-4-8-20-31(27)39(36)42-40(37)38(35)41/h1-23H. The molecule has 0 aliphatic rings. The first-order valence-corrected chi connectivity index (χ1v) is 15.3. The van der Waals surface area contributed by atoms with E-state index in [0.717, 1.165) is 0 Å². The van der Waals surface area contributed by atoms with Gasteiger partial charge in [-0.15, -0.1) is 11.3 Å². The number of nitrogens with zero attached hydrogens (tertiary/aromatic N) is 1. The lowest BCUT2D eigenvalue weighted by Crippen LogP contribution is -1.95. The molecule has 0 saturated carbocycles. The lowest BCUT2D eigenvalue weighted by atomic mass is 9.94. The van der Waals surface area contributed by atoms with Gasteiger partial charge in [-0.3, -0.25) is 0 Å². The van der Waals surface area contributed by atoms with E-state index in [9.17, 15) is 0 Å². The van der Waals surface area contributed by atoms with Crippen molar-refractivity contribution in [2.24, 2.45) is 0 Å². The zero-order chi connectivity index (χ0) is 27.4. The van der Waals surface area contributed by atoms with Crippen LogP contribution in [0.15, 0.2) is 140 Å². The van der Waals surface area contributed by atoms with E-state index >= 15 is 0 Å². The maximum absolute atomic E-state index is 2.54. The quantitative estimate of drug-likeness (QED) is 0.179. The number of hydrogen-bond donors (Lipinski definition) is 0. The molecule has 8 aromatic carbocycles. The zero-order valence-electron chi connectivity index (χ0n) is 22.6. The Kier molecular flexibility index (Phi) is 4.39. The lowest BCUT2D eigenvalue weighted by molar-refractivity contribution is 1.21. The molecule has 0 saturated heterocycles. The van der Waals surface area contributed by atoms with Crippen LogP contribution in [0.3, 0.4) is 0 Å². The van der Waals surface area contributed by atoms with Crippen molar-refractivity contribution in [1.82, 2.24) is 4.57 Å². The van der Waals surface area contributed by atoms with E-state index in [2.05, 4.69) is 144 Å². The summed E-state index contributed by atoms with van der Waals surface area (Å²) in [6.45, 7) is 0. The summed E-state index contributed by atoms with van der Waals surface area (Å²) in [4.78, 5) is 0. The molecule has 1 nitrogen and oxygen atoms in total. The second kappa shape index (κ2) is 8.19. The van der Waals surface area contributed by atoms with Crippen molar-refractivity contribution in [2.45, 2.75) is 0 Å². The number of para-hydroxylation sites is 1. The van der Waals surface area contributed by atoms with Gasteiger partial charge in [-0.1, -0.05) is 127 Å². The van der Waals surface area contributed by atoms with E-state index in [1.807, 2.05) is 11.3 Å². The molecule has 0 unspecified atom stereocenters. The molecule has 42 heavy (non-hydrogen) atoms. The first-order chi connectivity index (χ1) is 20.9. The number of aromatic nitrogens is 1. The van der Waals surface area contributed by atoms with Crippen molar-refractivity contribution in [3.63, 3.8) is 0 Å². The van der Waals surface area contributed by atoms with Crippen molar-refractivity contribution in [1.29, 1.82) is 0 Å². The molecule has 10 rings (SSSR count). The van der Waals surface area contributed by atoms with Crippen LogP contribution in [0.1, 0.15) is 0 Å². The van der Waals surface area contributed by atoms with Crippen LogP contribution in [0, 0.1) is 0 Å². The molecule has 0 atom stereocenters. The van der Waals surface area contributed by atoms with Crippen LogP contribution in [0.2, 0.25) is 0 Å². The van der Waals surface area contributed by atoms with Crippen LogP contribution in [-0.2, 0) is 0 Å². The fraction of sp³-hybridized carbons (Fsp3) is 0. The Hall–Kier alpha value is -5.18. The fourth-order valence-electron chi connectivity index (χ4n) is 7.45. The number of rotatable bonds is 1. The summed E-state index contributed by atoms with van der Waals surface area (Å²) < 4.78 is 5.26. The van der Waals surface area contributed by atoms with Gasteiger partial charge in [0.1, 0.15) is 0 Å². The minimum absolute atomic E-state index is 1.23. The smallest absolute Gasteiger partial charge is 0.0726 e. The Balaban J connectivity index is 1.57. The molecular formula is C40H23NS. The molecule has 2 heterocycles. The molecule has 0 amide bonds. The summed E-state index contributed by atoms with van der Waals surface area (Å²) in [6, 6.07) is 51.3. The number of fused-ring (bicyclic) bond motifs is 16. The fourth-order valence-corrected chi connectivity index (χ4v) is 8.86. The van der Waals surface area contributed by atoms with Crippen molar-refractivity contribution >= 4 is 96.4 Å². The Bertz CT molecular complexity index is 2740. The van der Waals surface area contributed by atoms with Crippen LogP contribution < -0.4 is 0 Å². The van der Waals surface area contributed by atoms with E-state index in [4.69, 9.17) is 0 Å². The summed E-state index contributed by atoms with van der Waals surface area (Å²) in [5.74, 6) is 0. The third-order valence-electron chi connectivity index (χ3n) is 9.13. The molecule has 2 aromatic heterocycles. The van der Waals surface area contributed by atoms with Crippen LogP contribution in [0.5, 0.6) is 0 Å². The molecule has 0 bridgehead atoms. The molecular weight excluding hydrogens is 527 g/mol. The van der Waals surface area contributed by atoms with E-state index in [1.165, 1.54) is 90.8 Å². The van der Waals surface area contributed by atoms with Gasteiger partial charge in [-0.05, 0) is 44.5 Å². The highest BCUT2D eigenvalue weighted by Gasteiger charge is 2.24. The minimum Gasteiger partial charge on any atom is -0.307 e. The summed E-state index contributed by atoms with van der Waals surface area (Å²) >= 11 is 1.96. The lowest BCUT2D eigenvalue weighted by Gasteiger charge is -2.13.